The Bertz CT molecular complexity index is 1130. The number of carbonyl (C=O) groups excluding carboxylic acids is 2. The van der Waals surface area contributed by atoms with E-state index >= 15 is 0 Å². The summed E-state index contributed by atoms with van der Waals surface area (Å²) in [5, 5.41) is 23.1. The van der Waals surface area contributed by atoms with Crippen LogP contribution in [0, 0.1) is 0 Å². The predicted octanol–water partition coefficient (Wildman–Crippen LogP) is 19.6. The summed E-state index contributed by atoms with van der Waals surface area (Å²) in [6.07, 6.45) is 74.8. The third-order valence-electron chi connectivity index (χ3n) is 14.4. The molecule has 0 aliphatic rings. The molecular weight excluding hydrogens is 863 g/mol. The number of rotatable bonds is 58. The summed E-state index contributed by atoms with van der Waals surface area (Å²) < 4.78 is 5.48. The Morgan fingerprint density at radius 3 is 1.13 bits per heavy atom. The highest BCUT2D eigenvalue weighted by molar-refractivity contribution is 5.76. The van der Waals surface area contributed by atoms with Crippen molar-refractivity contribution in [3.8, 4) is 0 Å². The van der Waals surface area contributed by atoms with Crippen LogP contribution in [0.15, 0.2) is 36.5 Å². The van der Waals surface area contributed by atoms with Crippen LogP contribution in [-0.4, -0.2) is 47.4 Å². The normalized spacial score (nSPS) is 12.8. The molecule has 6 heteroatoms. The summed E-state index contributed by atoms with van der Waals surface area (Å²) in [4.78, 5) is 24.5. The number of aliphatic hydroxyl groups excluding tert-OH is 2. The lowest BCUT2D eigenvalue weighted by atomic mass is 10.0. The number of hydrogen-bond donors (Lipinski definition) is 3. The van der Waals surface area contributed by atoms with Crippen LogP contribution in [0.25, 0.3) is 0 Å². The van der Waals surface area contributed by atoms with Crippen LogP contribution in [-0.2, 0) is 14.3 Å². The largest absolute Gasteiger partial charge is 0.466 e. The summed E-state index contributed by atoms with van der Waals surface area (Å²) >= 11 is 0. The van der Waals surface area contributed by atoms with E-state index in [0.717, 1.165) is 51.4 Å². The predicted molar refractivity (Wildman–Crippen MR) is 306 cm³/mol. The van der Waals surface area contributed by atoms with Crippen molar-refractivity contribution in [2.75, 3.05) is 13.2 Å². The van der Waals surface area contributed by atoms with Crippen LogP contribution < -0.4 is 5.32 Å². The average Bonchev–Trinajstić information content (AvgIpc) is 3.36. The number of aliphatic hydroxyl groups is 2. The summed E-state index contributed by atoms with van der Waals surface area (Å²) in [5.41, 5.74) is 0. The second-order valence-corrected chi connectivity index (χ2v) is 21.4. The first-order valence-electron chi connectivity index (χ1n) is 31.3. The summed E-state index contributed by atoms with van der Waals surface area (Å²) in [6.45, 7) is 4.86. The van der Waals surface area contributed by atoms with Crippen molar-refractivity contribution in [2.45, 2.75) is 347 Å². The van der Waals surface area contributed by atoms with Crippen LogP contribution in [0.2, 0.25) is 0 Å². The van der Waals surface area contributed by atoms with Crippen molar-refractivity contribution in [1.82, 2.24) is 5.32 Å². The van der Waals surface area contributed by atoms with Gasteiger partial charge in [0.1, 0.15) is 0 Å². The fourth-order valence-corrected chi connectivity index (χ4v) is 9.59. The average molecular weight is 985 g/mol. The Morgan fingerprint density at radius 2 is 0.729 bits per heavy atom. The van der Waals surface area contributed by atoms with Gasteiger partial charge in [0.2, 0.25) is 5.91 Å². The molecular formula is C64H121NO5. The zero-order valence-electron chi connectivity index (χ0n) is 47.0. The van der Waals surface area contributed by atoms with Gasteiger partial charge in [-0.3, -0.25) is 9.59 Å². The molecule has 0 aromatic heterocycles. The van der Waals surface area contributed by atoms with Crippen molar-refractivity contribution in [3.05, 3.63) is 36.5 Å². The van der Waals surface area contributed by atoms with Gasteiger partial charge < -0.3 is 20.3 Å². The third-order valence-corrected chi connectivity index (χ3v) is 14.4. The zero-order valence-corrected chi connectivity index (χ0v) is 47.0. The van der Waals surface area contributed by atoms with E-state index in [-0.39, 0.29) is 18.5 Å². The van der Waals surface area contributed by atoms with E-state index in [1.54, 1.807) is 6.08 Å². The minimum atomic E-state index is -0.841. The molecule has 0 saturated carbocycles. The van der Waals surface area contributed by atoms with Crippen molar-refractivity contribution in [2.24, 2.45) is 0 Å². The summed E-state index contributed by atoms with van der Waals surface area (Å²) in [6, 6.07) is -0.625. The van der Waals surface area contributed by atoms with E-state index in [1.165, 1.54) is 257 Å². The Kier molecular flexibility index (Phi) is 58.0. The lowest BCUT2D eigenvalue weighted by Gasteiger charge is -2.20. The van der Waals surface area contributed by atoms with Crippen molar-refractivity contribution >= 4 is 11.9 Å². The quantitative estimate of drug-likeness (QED) is 0.0321. The standard InChI is InChI=1S/C64H121NO5/c1-3-5-7-9-11-13-15-17-34-38-42-46-50-54-58-64(69)70-59-55-51-47-43-39-35-32-30-28-26-24-22-20-18-19-21-23-25-27-29-31-33-37-41-45-49-53-57-63(68)65-61(60-66)62(67)56-52-48-44-40-36-16-14-12-10-8-6-4-2/h9,11,15,17,52,56,61-62,66-67H,3-8,10,12-14,16,18-51,53-55,57-60H2,1-2H3,(H,65,68)/b11-9-,17-15-,56-52+. The number of allylic oxidation sites excluding steroid dienone is 5. The molecule has 0 radical (unpaired) electrons. The van der Waals surface area contributed by atoms with Gasteiger partial charge in [-0.05, 0) is 57.8 Å². The van der Waals surface area contributed by atoms with Gasteiger partial charge in [0.05, 0.1) is 25.4 Å². The Balaban J connectivity index is 3.35. The van der Waals surface area contributed by atoms with Crippen LogP contribution in [0.3, 0.4) is 0 Å². The van der Waals surface area contributed by atoms with Gasteiger partial charge in [0.15, 0.2) is 0 Å². The molecule has 412 valence electrons. The molecule has 0 aliphatic carbocycles. The minimum absolute atomic E-state index is 0.00288. The minimum Gasteiger partial charge on any atom is -0.466 e. The zero-order chi connectivity index (χ0) is 50.7. The van der Waals surface area contributed by atoms with Gasteiger partial charge in [0, 0.05) is 12.8 Å². The fraction of sp³-hybridized carbons (Fsp3) is 0.875. The SMILES string of the molecule is CCCC/C=C\C/C=C\CCCCCCCC(=O)OCCCCCCCCCCCCCCCCCCCCCCCCCCCCCC(=O)NC(CO)C(O)/C=C/CCCCCCCCCCCC. The van der Waals surface area contributed by atoms with Crippen LogP contribution >= 0.6 is 0 Å². The Labute approximate surface area is 436 Å². The highest BCUT2D eigenvalue weighted by atomic mass is 16.5. The molecule has 70 heavy (non-hydrogen) atoms. The molecule has 0 bridgehead atoms. The molecule has 3 N–H and O–H groups in total. The smallest absolute Gasteiger partial charge is 0.305 e. The molecule has 1 amide bonds. The number of hydrogen-bond acceptors (Lipinski definition) is 5. The number of nitrogens with one attached hydrogen (secondary N) is 1. The molecule has 0 aromatic carbocycles. The molecule has 0 spiro atoms. The lowest BCUT2D eigenvalue weighted by molar-refractivity contribution is -0.143. The maximum Gasteiger partial charge on any atom is 0.305 e. The van der Waals surface area contributed by atoms with Gasteiger partial charge in [0.25, 0.3) is 0 Å². The summed E-state index contributed by atoms with van der Waals surface area (Å²) in [7, 11) is 0. The first kappa shape index (κ1) is 68.1. The molecule has 0 fully saturated rings. The fourth-order valence-electron chi connectivity index (χ4n) is 9.59. The molecule has 6 nitrogen and oxygen atoms in total. The second-order valence-electron chi connectivity index (χ2n) is 21.4. The van der Waals surface area contributed by atoms with Gasteiger partial charge >= 0.3 is 5.97 Å². The third kappa shape index (κ3) is 55.4. The van der Waals surface area contributed by atoms with Crippen LogP contribution in [0.1, 0.15) is 335 Å². The lowest BCUT2D eigenvalue weighted by Crippen LogP contribution is -2.45. The number of unbranched alkanes of at least 4 members (excludes halogenated alkanes) is 43. The van der Waals surface area contributed by atoms with Gasteiger partial charge in [-0.1, -0.05) is 301 Å². The summed E-state index contributed by atoms with van der Waals surface area (Å²) in [5.74, 6) is -0.0625. The van der Waals surface area contributed by atoms with E-state index in [2.05, 4.69) is 43.5 Å². The van der Waals surface area contributed by atoms with E-state index in [4.69, 9.17) is 4.74 Å². The van der Waals surface area contributed by atoms with E-state index in [9.17, 15) is 19.8 Å². The second kappa shape index (κ2) is 59.6. The van der Waals surface area contributed by atoms with E-state index < -0.39 is 12.1 Å². The van der Waals surface area contributed by atoms with E-state index in [0.29, 0.717) is 19.4 Å². The Hall–Kier alpha value is -1.92. The topological polar surface area (TPSA) is 95.9 Å². The van der Waals surface area contributed by atoms with Gasteiger partial charge in [-0.25, -0.2) is 0 Å². The first-order chi connectivity index (χ1) is 34.5. The highest BCUT2D eigenvalue weighted by Crippen LogP contribution is 2.18. The molecule has 2 unspecified atom stereocenters. The number of carbonyl (C=O) groups is 2. The van der Waals surface area contributed by atoms with Crippen molar-refractivity contribution in [1.29, 1.82) is 0 Å². The van der Waals surface area contributed by atoms with Gasteiger partial charge in [-0.2, -0.15) is 0 Å². The monoisotopic (exact) mass is 984 g/mol. The molecule has 0 rings (SSSR count). The Morgan fingerprint density at radius 1 is 0.400 bits per heavy atom. The molecule has 0 aromatic rings. The molecule has 2 atom stereocenters. The van der Waals surface area contributed by atoms with Gasteiger partial charge in [-0.15, -0.1) is 0 Å². The number of ether oxygens (including phenoxy) is 1. The first-order valence-corrected chi connectivity index (χ1v) is 31.3. The molecule has 0 aliphatic heterocycles. The maximum atomic E-state index is 12.4. The highest BCUT2D eigenvalue weighted by Gasteiger charge is 2.18. The maximum absolute atomic E-state index is 12.4. The molecule has 0 saturated heterocycles. The number of esters is 1. The van der Waals surface area contributed by atoms with Crippen molar-refractivity contribution < 1.29 is 24.5 Å². The van der Waals surface area contributed by atoms with E-state index in [1.807, 2.05) is 6.08 Å². The number of amides is 1. The van der Waals surface area contributed by atoms with Crippen LogP contribution in [0.4, 0.5) is 0 Å². The van der Waals surface area contributed by atoms with Crippen molar-refractivity contribution in [3.63, 3.8) is 0 Å². The van der Waals surface area contributed by atoms with Crippen LogP contribution in [0.5, 0.6) is 0 Å². The molecule has 0 heterocycles.